The summed E-state index contributed by atoms with van der Waals surface area (Å²) in [6.45, 7) is 18.6. The molecule has 1 aromatic carbocycles. The molecule has 0 aliphatic heterocycles. The average molecular weight is 741 g/mol. The summed E-state index contributed by atoms with van der Waals surface area (Å²) >= 11 is 0. The van der Waals surface area contributed by atoms with Crippen molar-refractivity contribution in [1.82, 2.24) is 0 Å². The number of rotatable bonds is 1. The Bertz CT molecular complexity index is 1800. The molecule has 6 saturated carbocycles. The van der Waals surface area contributed by atoms with Gasteiger partial charge in [-0.1, -0.05) is 84.8 Å². The quantitative estimate of drug-likeness (QED) is 0.213. The number of carbonyl (C=O) groups excluding carboxylic acids is 1. The molecule has 0 spiro atoms. The van der Waals surface area contributed by atoms with Crippen molar-refractivity contribution in [3.05, 3.63) is 52.6 Å². The van der Waals surface area contributed by atoms with Crippen LogP contribution in [-0.2, 0) is 16.0 Å². The summed E-state index contributed by atoms with van der Waals surface area (Å²) in [7, 11) is 0. The van der Waals surface area contributed by atoms with E-state index in [1.54, 1.807) is 6.07 Å². The molecule has 9 rings (SSSR count). The Morgan fingerprint density at radius 1 is 0.778 bits per heavy atom. The molecule has 0 aromatic heterocycles. The van der Waals surface area contributed by atoms with Crippen LogP contribution in [0.5, 0.6) is 5.75 Å². The third-order valence-electron chi connectivity index (χ3n) is 18.9. The number of carboxylic acids is 1. The van der Waals surface area contributed by atoms with E-state index in [9.17, 15) is 30.0 Å². The molecule has 54 heavy (non-hydrogen) atoms. The number of aromatic hydroxyl groups is 1. The number of fused-ring (bicyclic) bond motifs is 12. The fraction of sp³-hybridized carbons (Fsp3) is 0.750. The number of ketones is 1. The molecule has 8 aliphatic rings. The monoisotopic (exact) mass is 741 g/mol. The summed E-state index contributed by atoms with van der Waals surface area (Å²) in [5.41, 5.74) is 4.33. The lowest BCUT2D eigenvalue weighted by Crippen LogP contribution is -2.67. The maximum atomic E-state index is 12.8. The van der Waals surface area contributed by atoms with Gasteiger partial charge in [0, 0.05) is 17.8 Å². The predicted molar refractivity (Wildman–Crippen MR) is 212 cm³/mol. The van der Waals surface area contributed by atoms with Crippen molar-refractivity contribution in [3.8, 4) is 5.75 Å². The van der Waals surface area contributed by atoms with Gasteiger partial charge in [-0.25, -0.2) is 0 Å². The molecule has 6 nitrogen and oxygen atoms in total. The van der Waals surface area contributed by atoms with Crippen LogP contribution in [0.15, 0.2) is 41.5 Å². The van der Waals surface area contributed by atoms with E-state index in [0.717, 1.165) is 77.0 Å². The summed E-state index contributed by atoms with van der Waals surface area (Å²) in [4.78, 5) is 25.0. The van der Waals surface area contributed by atoms with Gasteiger partial charge in [-0.15, -0.1) is 0 Å². The SMILES string of the molecule is CC1(C)CCC2(C(=O)O)C(O)CC3(C)C(=CCC4C5(C)CCC(O)C(C)(C)C5CCC43C)C2C1.CC12CCC3C(=CCc4cc(O)ccc43)C1CCC2=O. The zero-order valence-corrected chi connectivity index (χ0v) is 34.4. The van der Waals surface area contributed by atoms with Crippen molar-refractivity contribution in [2.75, 3.05) is 0 Å². The number of benzene rings is 1. The van der Waals surface area contributed by atoms with Gasteiger partial charge >= 0.3 is 5.97 Å². The lowest BCUT2D eigenvalue weighted by Gasteiger charge is -2.71. The van der Waals surface area contributed by atoms with Gasteiger partial charge in [0.05, 0.1) is 12.2 Å². The Labute approximate surface area is 324 Å². The van der Waals surface area contributed by atoms with Crippen molar-refractivity contribution in [2.24, 2.45) is 61.6 Å². The molecule has 0 amide bonds. The van der Waals surface area contributed by atoms with Gasteiger partial charge in [0.2, 0.25) is 0 Å². The number of carboxylic acid groups (broad SMARTS) is 1. The molecule has 6 heteroatoms. The van der Waals surface area contributed by atoms with Crippen LogP contribution < -0.4 is 0 Å². The van der Waals surface area contributed by atoms with E-state index in [1.807, 2.05) is 6.07 Å². The number of hydrogen-bond donors (Lipinski definition) is 4. The number of hydrogen-bond acceptors (Lipinski definition) is 5. The second-order valence-corrected chi connectivity index (χ2v) is 22.0. The molecular weight excluding hydrogens is 673 g/mol. The lowest BCUT2D eigenvalue weighted by atomic mass is 9.33. The van der Waals surface area contributed by atoms with E-state index >= 15 is 0 Å². The van der Waals surface area contributed by atoms with Crippen LogP contribution in [-0.4, -0.2) is 44.4 Å². The lowest BCUT2D eigenvalue weighted by molar-refractivity contribution is -0.218. The smallest absolute Gasteiger partial charge is 0.312 e. The molecule has 6 fully saturated rings. The van der Waals surface area contributed by atoms with Crippen LogP contribution in [0.4, 0.5) is 0 Å². The third-order valence-corrected chi connectivity index (χ3v) is 18.9. The van der Waals surface area contributed by atoms with Gasteiger partial charge < -0.3 is 20.4 Å². The first kappa shape index (κ1) is 38.4. The fourth-order valence-corrected chi connectivity index (χ4v) is 15.5. The Hall–Kier alpha value is -2.44. The van der Waals surface area contributed by atoms with Crippen molar-refractivity contribution in [1.29, 1.82) is 0 Å². The number of aliphatic hydroxyl groups is 2. The molecule has 0 heterocycles. The summed E-state index contributed by atoms with van der Waals surface area (Å²) < 4.78 is 0. The van der Waals surface area contributed by atoms with Crippen LogP contribution in [0, 0.1) is 61.6 Å². The van der Waals surface area contributed by atoms with Crippen LogP contribution in [0.25, 0.3) is 0 Å². The third kappa shape index (κ3) is 5.09. The second kappa shape index (κ2) is 12.3. The first-order chi connectivity index (χ1) is 25.2. The molecule has 8 aliphatic carbocycles. The first-order valence-electron chi connectivity index (χ1n) is 21.5. The summed E-state index contributed by atoms with van der Waals surface area (Å²) in [6, 6.07) is 5.79. The number of phenols is 1. The van der Waals surface area contributed by atoms with Gasteiger partial charge in [0.15, 0.2) is 0 Å². The molecule has 12 unspecified atom stereocenters. The normalized spacial score (nSPS) is 46.6. The summed E-state index contributed by atoms with van der Waals surface area (Å²) in [5, 5.41) is 42.7. The van der Waals surface area contributed by atoms with Crippen molar-refractivity contribution in [2.45, 2.75) is 163 Å². The van der Waals surface area contributed by atoms with Gasteiger partial charge in [0.25, 0.3) is 0 Å². The summed E-state index contributed by atoms with van der Waals surface area (Å²) in [6.07, 6.45) is 16.5. The van der Waals surface area contributed by atoms with E-state index < -0.39 is 17.5 Å². The molecular formula is C48H68O6. The van der Waals surface area contributed by atoms with Crippen LogP contribution in [0.3, 0.4) is 0 Å². The number of phenolic OH excluding ortho intramolecular Hbond substituents is 1. The number of aliphatic hydroxyl groups excluding tert-OH is 2. The minimum Gasteiger partial charge on any atom is -0.508 e. The predicted octanol–water partition coefficient (Wildman–Crippen LogP) is 9.94. The standard InChI is InChI=1S/C30H48O4.C18H20O2/c1-25(2)14-15-30(24(33)34)19(16-25)18-8-9-21-27(5)12-11-22(31)26(3,4)20(27)10-13-28(21,6)29(18,7)17-23(30)32;1-18-9-8-14-13-5-3-12(19)10-11(13)2-4-15(14)16(18)6-7-17(18)20/h8,19-23,31-32H,9-17H2,1-7H3,(H,33,34);3-5,10,14,16,19H,2,6-9H2,1H3. The molecule has 1 aromatic rings. The minimum absolute atomic E-state index is 0.0218. The van der Waals surface area contributed by atoms with Crippen LogP contribution in [0.1, 0.15) is 156 Å². The maximum Gasteiger partial charge on any atom is 0.312 e. The highest BCUT2D eigenvalue weighted by Crippen LogP contribution is 2.75. The topological polar surface area (TPSA) is 115 Å². The molecule has 0 saturated heterocycles. The van der Waals surface area contributed by atoms with E-state index in [4.69, 9.17) is 0 Å². The zero-order chi connectivity index (χ0) is 39.0. The summed E-state index contributed by atoms with van der Waals surface area (Å²) in [5.74, 6) is 1.85. The van der Waals surface area contributed by atoms with Crippen LogP contribution in [0.2, 0.25) is 0 Å². The first-order valence-corrected chi connectivity index (χ1v) is 21.5. The zero-order valence-electron chi connectivity index (χ0n) is 34.4. The van der Waals surface area contributed by atoms with E-state index in [-0.39, 0.29) is 44.5 Å². The maximum absolute atomic E-state index is 12.8. The molecule has 296 valence electrons. The largest absolute Gasteiger partial charge is 0.508 e. The van der Waals surface area contributed by atoms with E-state index in [0.29, 0.717) is 48.0 Å². The van der Waals surface area contributed by atoms with Gasteiger partial charge in [0.1, 0.15) is 16.9 Å². The highest BCUT2D eigenvalue weighted by molar-refractivity contribution is 5.88. The van der Waals surface area contributed by atoms with Crippen LogP contribution >= 0.6 is 0 Å². The number of allylic oxidation sites excluding steroid dienone is 4. The highest BCUT2D eigenvalue weighted by Gasteiger charge is 2.71. The van der Waals surface area contributed by atoms with E-state index in [2.05, 4.69) is 73.6 Å². The fourth-order valence-electron chi connectivity index (χ4n) is 15.5. The van der Waals surface area contributed by atoms with Gasteiger partial charge in [-0.2, -0.15) is 0 Å². The Kier molecular flexibility index (Phi) is 8.74. The van der Waals surface area contributed by atoms with Gasteiger partial charge in [-0.05, 0) is 157 Å². The molecule has 12 atom stereocenters. The van der Waals surface area contributed by atoms with E-state index in [1.165, 1.54) is 22.3 Å². The number of aliphatic carboxylic acids is 1. The Balaban J connectivity index is 0.000000175. The Morgan fingerprint density at radius 2 is 1.52 bits per heavy atom. The highest BCUT2D eigenvalue weighted by atomic mass is 16.4. The second-order valence-electron chi connectivity index (χ2n) is 22.0. The number of Topliss-reactive ketones (excluding diaryl/α,β-unsaturated/α-hetero) is 1. The number of carbonyl (C=O) groups is 2. The van der Waals surface area contributed by atoms with Crippen molar-refractivity contribution < 1.29 is 30.0 Å². The Morgan fingerprint density at radius 3 is 2.24 bits per heavy atom. The van der Waals surface area contributed by atoms with Crippen molar-refractivity contribution >= 4 is 11.8 Å². The molecule has 0 bridgehead atoms. The van der Waals surface area contributed by atoms with Crippen molar-refractivity contribution in [3.63, 3.8) is 0 Å². The molecule has 0 radical (unpaired) electrons. The minimum atomic E-state index is -1.04. The average Bonchev–Trinajstić information content (AvgIpc) is 3.40. The molecule has 4 N–H and O–H groups in total. The van der Waals surface area contributed by atoms with Gasteiger partial charge in [-0.3, -0.25) is 9.59 Å².